The van der Waals surface area contributed by atoms with E-state index in [0.29, 0.717) is 13.1 Å². The molecule has 0 atom stereocenters. The Morgan fingerprint density at radius 2 is 1.78 bits per heavy atom. The van der Waals surface area contributed by atoms with Crippen molar-refractivity contribution in [3.63, 3.8) is 0 Å². The number of fused-ring (bicyclic) bond motifs is 1. The number of carbonyl (C=O) groups is 1. The van der Waals surface area contributed by atoms with Gasteiger partial charge in [-0.15, -0.1) is 0 Å². The number of hydrogen-bond acceptors (Lipinski definition) is 6. The third-order valence-corrected chi connectivity index (χ3v) is 7.08. The Hall–Kier alpha value is -4.17. The summed E-state index contributed by atoms with van der Waals surface area (Å²) in [5.74, 6) is 1.81. The molecule has 37 heavy (non-hydrogen) atoms. The van der Waals surface area contributed by atoms with Crippen LogP contribution in [0.25, 0.3) is 21.2 Å². The zero-order chi connectivity index (χ0) is 25.5. The minimum atomic E-state index is 0.0661. The molecule has 0 saturated heterocycles. The highest BCUT2D eigenvalue weighted by atomic mass is 32.1. The predicted octanol–water partition coefficient (Wildman–Crippen LogP) is 5.70. The zero-order valence-corrected chi connectivity index (χ0v) is 21.5. The van der Waals surface area contributed by atoms with E-state index < -0.39 is 0 Å². The molecule has 0 saturated carbocycles. The predicted molar refractivity (Wildman–Crippen MR) is 149 cm³/mol. The molecule has 5 rings (SSSR count). The minimum absolute atomic E-state index is 0.0661. The summed E-state index contributed by atoms with van der Waals surface area (Å²) in [6.07, 6.45) is 5.99. The number of hydrogen-bond donors (Lipinski definition) is 1. The molecule has 2 heterocycles. The molecule has 0 aliphatic heterocycles. The molecule has 5 aromatic rings. The molecule has 0 unspecified atom stereocenters. The standard InChI is InChI=1S/C29H29N5O2S/c1-36-25-13-11-24(12-14-25)23-9-7-22(8-10-23)19-34(28(35)20-33-18-16-30-21-33)17-4-15-31-29-26-5-2-3-6-27(26)37-32-29/h2-3,5-14,16,18,21H,4,15,17,19-20H2,1H3,(H,31,32). The Morgan fingerprint density at radius 1 is 1.03 bits per heavy atom. The van der Waals surface area contributed by atoms with Crippen LogP contribution in [0.5, 0.6) is 5.75 Å². The molecule has 1 N–H and O–H groups in total. The van der Waals surface area contributed by atoms with Gasteiger partial charge in [-0.25, -0.2) is 4.98 Å². The lowest BCUT2D eigenvalue weighted by Gasteiger charge is -2.23. The molecule has 0 spiro atoms. The first-order valence-electron chi connectivity index (χ1n) is 12.2. The van der Waals surface area contributed by atoms with Crippen LogP contribution in [0.2, 0.25) is 0 Å². The third-order valence-electron chi connectivity index (χ3n) is 6.26. The number of carbonyl (C=O) groups excluding carboxylic acids is 1. The maximum absolute atomic E-state index is 13.2. The topological polar surface area (TPSA) is 72.3 Å². The molecular weight excluding hydrogens is 482 g/mol. The summed E-state index contributed by atoms with van der Waals surface area (Å²) in [5.41, 5.74) is 3.35. The highest BCUT2D eigenvalue weighted by molar-refractivity contribution is 7.13. The van der Waals surface area contributed by atoms with Crippen molar-refractivity contribution in [3.05, 3.63) is 97.1 Å². The lowest BCUT2D eigenvalue weighted by atomic mass is 10.0. The second-order valence-electron chi connectivity index (χ2n) is 8.78. The van der Waals surface area contributed by atoms with Crippen LogP contribution in [0.4, 0.5) is 5.82 Å². The van der Waals surface area contributed by atoms with Crippen LogP contribution >= 0.6 is 11.5 Å². The Kier molecular flexibility index (Phi) is 7.76. The number of aromatic nitrogens is 3. The quantitative estimate of drug-likeness (QED) is 0.230. The first-order valence-corrected chi connectivity index (χ1v) is 13.0. The first-order chi connectivity index (χ1) is 18.2. The summed E-state index contributed by atoms with van der Waals surface area (Å²) in [4.78, 5) is 19.2. The van der Waals surface area contributed by atoms with Crippen LogP contribution in [0.1, 0.15) is 12.0 Å². The van der Waals surface area contributed by atoms with Crippen molar-refractivity contribution in [2.75, 3.05) is 25.5 Å². The van der Waals surface area contributed by atoms with Crippen molar-refractivity contribution in [1.29, 1.82) is 0 Å². The highest BCUT2D eigenvalue weighted by Crippen LogP contribution is 2.26. The van der Waals surface area contributed by atoms with Gasteiger partial charge in [-0.05, 0) is 58.9 Å². The number of amides is 1. The zero-order valence-electron chi connectivity index (χ0n) is 20.7. The smallest absolute Gasteiger partial charge is 0.242 e. The highest BCUT2D eigenvalue weighted by Gasteiger charge is 2.15. The largest absolute Gasteiger partial charge is 0.497 e. The fourth-order valence-corrected chi connectivity index (χ4v) is 4.98. The number of nitrogens with one attached hydrogen (secondary N) is 1. The van der Waals surface area contributed by atoms with Crippen LogP contribution in [-0.2, 0) is 17.9 Å². The molecule has 2 aromatic heterocycles. The summed E-state index contributed by atoms with van der Waals surface area (Å²) in [7, 11) is 1.67. The van der Waals surface area contributed by atoms with E-state index in [9.17, 15) is 4.79 Å². The van der Waals surface area contributed by atoms with Crippen molar-refractivity contribution < 1.29 is 9.53 Å². The van der Waals surface area contributed by atoms with E-state index in [0.717, 1.165) is 46.6 Å². The van der Waals surface area contributed by atoms with Gasteiger partial charge in [0.2, 0.25) is 5.91 Å². The molecule has 188 valence electrons. The summed E-state index contributed by atoms with van der Waals surface area (Å²) < 4.78 is 12.8. The summed E-state index contributed by atoms with van der Waals surface area (Å²) in [6, 6.07) is 24.6. The molecule has 0 aliphatic rings. The molecule has 3 aromatic carbocycles. The van der Waals surface area contributed by atoms with E-state index in [-0.39, 0.29) is 12.5 Å². The Labute approximate surface area is 220 Å². The van der Waals surface area contributed by atoms with Crippen LogP contribution in [0, 0.1) is 0 Å². The van der Waals surface area contributed by atoms with Crippen molar-refractivity contribution in [2.24, 2.45) is 0 Å². The third kappa shape index (κ3) is 6.16. The fourth-order valence-electron chi connectivity index (χ4n) is 4.22. The van der Waals surface area contributed by atoms with E-state index in [1.54, 1.807) is 19.6 Å². The number of nitrogens with zero attached hydrogens (tertiary/aromatic N) is 4. The minimum Gasteiger partial charge on any atom is -0.497 e. The number of ether oxygens (including phenoxy) is 1. The van der Waals surface area contributed by atoms with Gasteiger partial charge in [0.05, 0.1) is 18.1 Å². The monoisotopic (exact) mass is 511 g/mol. The molecule has 0 bridgehead atoms. The summed E-state index contributed by atoms with van der Waals surface area (Å²) in [5, 5.41) is 4.58. The van der Waals surface area contributed by atoms with Crippen molar-refractivity contribution in [1.82, 2.24) is 18.8 Å². The molecule has 7 nitrogen and oxygen atoms in total. The number of benzene rings is 3. The average molecular weight is 512 g/mol. The Balaban J connectivity index is 1.23. The molecule has 0 aliphatic carbocycles. The lowest BCUT2D eigenvalue weighted by Crippen LogP contribution is -2.34. The van der Waals surface area contributed by atoms with Gasteiger partial charge in [-0.1, -0.05) is 48.5 Å². The molecule has 0 radical (unpaired) electrons. The maximum Gasteiger partial charge on any atom is 0.242 e. The SMILES string of the molecule is COc1ccc(-c2ccc(CN(CCCNc3nsc4ccccc34)C(=O)Cn3ccnc3)cc2)cc1. The van der Waals surface area contributed by atoms with Gasteiger partial charge in [0.1, 0.15) is 18.1 Å². The van der Waals surface area contributed by atoms with E-state index >= 15 is 0 Å². The number of anilines is 1. The van der Waals surface area contributed by atoms with Crippen LogP contribution in [-0.4, -0.2) is 44.9 Å². The van der Waals surface area contributed by atoms with Gasteiger partial charge in [-0.2, -0.15) is 4.37 Å². The number of methoxy groups -OCH3 is 1. The van der Waals surface area contributed by atoms with Crippen LogP contribution in [0.3, 0.4) is 0 Å². The number of imidazole rings is 1. The second kappa shape index (κ2) is 11.7. The molecule has 8 heteroatoms. The lowest BCUT2D eigenvalue weighted by molar-refractivity contribution is -0.132. The van der Waals surface area contributed by atoms with Crippen molar-refractivity contribution in [2.45, 2.75) is 19.5 Å². The van der Waals surface area contributed by atoms with Gasteiger partial charge in [0, 0.05) is 37.4 Å². The van der Waals surface area contributed by atoms with E-state index in [2.05, 4.69) is 51.1 Å². The van der Waals surface area contributed by atoms with Crippen LogP contribution < -0.4 is 10.1 Å². The van der Waals surface area contributed by atoms with Crippen molar-refractivity contribution >= 4 is 33.3 Å². The van der Waals surface area contributed by atoms with Gasteiger partial charge in [-0.3, -0.25) is 4.79 Å². The first kappa shape index (κ1) is 24.5. The molecule has 0 fully saturated rings. The van der Waals surface area contributed by atoms with Gasteiger partial charge in [0.25, 0.3) is 0 Å². The second-order valence-corrected chi connectivity index (χ2v) is 9.59. The van der Waals surface area contributed by atoms with Gasteiger partial charge in [0.15, 0.2) is 0 Å². The fraction of sp³-hybridized carbons (Fsp3) is 0.207. The van der Waals surface area contributed by atoms with E-state index in [1.807, 2.05) is 52.1 Å². The average Bonchev–Trinajstić information content (AvgIpc) is 3.61. The summed E-state index contributed by atoms with van der Waals surface area (Å²) in [6.45, 7) is 2.20. The van der Waals surface area contributed by atoms with E-state index in [4.69, 9.17) is 4.74 Å². The molecular formula is C29H29N5O2S. The van der Waals surface area contributed by atoms with Gasteiger partial charge < -0.3 is 19.5 Å². The van der Waals surface area contributed by atoms with E-state index in [1.165, 1.54) is 16.2 Å². The van der Waals surface area contributed by atoms with Gasteiger partial charge >= 0.3 is 0 Å². The maximum atomic E-state index is 13.2. The molecule has 1 amide bonds. The van der Waals surface area contributed by atoms with Crippen molar-refractivity contribution in [3.8, 4) is 16.9 Å². The number of rotatable bonds is 11. The Morgan fingerprint density at radius 3 is 2.51 bits per heavy atom. The summed E-state index contributed by atoms with van der Waals surface area (Å²) >= 11 is 1.50. The Bertz CT molecular complexity index is 1430. The normalized spacial score (nSPS) is 10.9. The van der Waals surface area contributed by atoms with Crippen LogP contribution in [0.15, 0.2) is 91.5 Å².